The minimum atomic E-state index is -1.07. The van der Waals surface area contributed by atoms with E-state index in [0.29, 0.717) is 18.0 Å². The van der Waals surface area contributed by atoms with Crippen LogP contribution < -0.4 is 15.4 Å². The second kappa shape index (κ2) is 11.9. The molecule has 0 radical (unpaired) electrons. The minimum absolute atomic E-state index is 0.0720. The molecule has 0 atom stereocenters. The molecule has 35 heavy (non-hydrogen) atoms. The molecule has 0 unspecified atom stereocenters. The predicted molar refractivity (Wildman–Crippen MR) is 136 cm³/mol. The smallest absolute Gasteiger partial charge is 0.335 e. The number of aryl methyl sites for hydroxylation is 1. The SMILES string of the molecule is Cc1ccccc1NC(=O)Nc1ccc(CC(=O)N(C)CCOc2ccc(C(=O)O)cc2Cl)cc1. The molecule has 0 aliphatic carbocycles. The van der Waals surface area contributed by atoms with Crippen molar-refractivity contribution in [3.63, 3.8) is 0 Å². The third-order valence-corrected chi connectivity index (χ3v) is 5.54. The molecule has 3 rings (SSSR count). The summed E-state index contributed by atoms with van der Waals surface area (Å²) in [6.45, 7) is 2.44. The third-order valence-electron chi connectivity index (χ3n) is 5.25. The number of hydrogen-bond donors (Lipinski definition) is 3. The first kappa shape index (κ1) is 25.6. The van der Waals surface area contributed by atoms with Gasteiger partial charge in [0, 0.05) is 18.4 Å². The lowest BCUT2D eigenvalue weighted by atomic mass is 10.1. The second-order valence-corrected chi connectivity index (χ2v) is 8.29. The third kappa shape index (κ3) is 7.48. The van der Waals surface area contributed by atoms with E-state index < -0.39 is 5.97 Å². The summed E-state index contributed by atoms with van der Waals surface area (Å²) in [6, 6.07) is 18.4. The molecule has 0 bridgehead atoms. The van der Waals surface area contributed by atoms with Crippen LogP contribution in [0.1, 0.15) is 21.5 Å². The number of carbonyl (C=O) groups excluding carboxylic acids is 2. The molecule has 8 nitrogen and oxygen atoms in total. The predicted octanol–water partition coefficient (Wildman–Crippen LogP) is 5.07. The van der Waals surface area contributed by atoms with Gasteiger partial charge >= 0.3 is 12.0 Å². The van der Waals surface area contributed by atoms with Crippen molar-refractivity contribution in [1.29, 1.82) is 0 Å². The molecule has 0 aliphatic heterocycles. The van der Waals surface area contributed by atoms with Crippen molar-refractivity contribution < 1.29 is 24.2 Å². The number of hydrogen-bond acceptors (Lipinski definition) is 4. The van der Waals surface area contributed by atoms with Gasteiger partial charge in [-0.1, -0.05) is 41.9 Å². The molecule has 3 N–H and O–H groups in total. The number of ether oxygens (including phenoxy) is 1. The van der Waals surface area contributed by atoms with Crippen molar-refractivity contribution in [1.82, 2.24) is 4.90 Å². The molecular formula is C26H26ClN3O5. The highest BCUT2D eigenvalue weighted by molar-refractivity contribution is 6.32. The fraction of sp³-hybridized carbons (Fsp3) is 0.192. The Morgan fingerprint density at radius 3 is 2.37 bits per heavy atom. The number of anilines is 2. The first-order valence-corrected chi connectivity index (χ1v) is 11.2. The van der Waals surface area contributed by atoms with Gasteiger partial charge in [-0.2, -0.15) is 0 Å². The second-order valence-electron chi connectivity index (χ2n) is 7.88. The molecule has 0 aliphatic rings. The topological polar surface area (TPSA) is 108 Å². The van der Waals surface area contributed by atoms with E-state index in [1.54, 1.807) is 36.2 Å². The Bertz CT molecular complexity index is 1210. The summed E-state index contributed by atoms with van der Waals surface area (Å²) in [4.78, 5) is 37.3. The van der Waals surface area contributed by atoms with Crippen molar-refractivity contribution >= 4 is 40.9 Å². The van der Waals surface area contributed by atoms with Crippen LogP contribution in [-0.4, -0.2) is 48.1 Å². The highest BCUT2D eigenvalue weighted by Gasteiger charge is 2.12. The Morgan fingerprint density at radius 1 is 1.00 bits per heavy atom. The van der Waals surface area contributed by atoms with Crippen LogP contribution >= 0.6 is 11.6 Å². The van der Waals surface area contributed by atoms with Crippen molar-refractivity contribution in [3.05, 3.63) is 88.4 Å². The molecule has 0 spiro atoms. The minimum Gasteiger partial charge on any atom is -0.490 e. The van der Waals surface area contributed by atoms with E-state index in [1.807, 2.05) is 31.2 Å². The number of urea groups is 1. The average molecular weight is 496 g/mol. The number of carboxylic acid groups (broad SMARTS) is 1. The van der Waals surface area contributed by atoms with E-state index in [0.717, 1.165) is 16.8 Å². The lowest BCUT2D eigenvalue weighted by Gasteiger charge is -2.18. The fourth-order valence-electron chi connectivity index (χ4n) is 3.18. The number of likely N-dealkylation sites (N-methyl/N-ethyl adjacent to an activating group) is 1. The number of carboxylic acids is 1. The molecular weight excluding hydrogens is 470 g/mol. The number of amides is 3. The number of para-hydroxylation sites is 1. The Kier molecular flexibility index (Phi) is 8.69. The van der Waals surface area contributed by atoms with Crippen LogP contribution in [-0.2, 0) is 11.2 Å². The number of nitrogens with one attached hydrogen (secondary N) is 2. The maximum Gasteiger partial charge on any atom is 0.335 e. The van der Waals surface area contributed by atoms with Crippen LogP contribution in [0.25, 0.3) is 0 Å². The van der Waals surface area contributed by atoms with Gasteiger partial charge in [-0.05, 0) is 54.4 Å². The lowest BCUT2D eigenvalue weighted by Crippen LogP contribution is -2.32. The van der Waals surface area contributed by atoms with Gasteiger partial charge < -0.3 is 25.4 Å². The van der Waals surface area contributed by atoms with Gasteiger partial charge in [0.05, 0.1) is 23.6 Å². The summed E-state index contributed by atoms with van der Waals surface area (Å²) >= 11 is 6.05. The van der Waals surface area contributed by atoms with E-state index in [9.17, 15) is 14.4 Å². The number of halogens is 1. The van der Waals surface area contributed by atoms with Gasteiger partial charge in [0.15, 0.2) is 0 Å². The van der Waals surface area contributed by atoms with E-state index in [4.69, 9.17) is 21.4 Å². The highest BCUT2D eigenvalue weighted by Crippen LogP contribution is 2.25. The zero-order valence-corrected chi connectivity index (χ0v) is 20.1. The van der Waals surface area contributed by atoms with E-state index in [1.165, 1.54) is 18.2 Å². The van der Waals surface area contributed by atoms with Crippen LogP contribution in [0.5, 0.6) is 5.75 Å². The quantitative estimate of drug-likeness (QED) is 0.384. The molecule has 3 aromatic carbocycles. The Labute approximate surface area is 208 Å². The van der Waals surface area contributed by atoms with Gasteiger partial charge in [0.2, 0.25) is 5.91 Å². The van der Waals surface area contributed by atoms with Gasteiger partial charge in [0.1, 0.15) is 12.4 Å². The largest absolute Gasteiger partial charge is 0.490 e. The normalized spacial score (nSPS) is 10.4. The molecule has 0 aromatic heterocycles. The van der Waals surface area contributed by atoms with E-state index in [2.05, 4.69) is 10.6 Å². The van der Waals surface area contributed by atoms with Crippen LogP contribution in [0.4, 0.5) is 16.2 Å². The summed E-state index contributed by atoms with van der Waals surface area (Å²) in [6.07, 6.45) is 0.195. The fourth-order valence-corrected chi connectivity index (χ4v) is 3.42. The van der Waals surface area contributed by atoms with Crippen molar-refractivity contribution in [2.24, 2.45) is 0 Å². The summed E-state index contributed by atoms with van der Waals surface area (Å²) in [5.41, 5.74) is 3.19. The number of aromatic carboxylic acids is 1. The summed E-state index contributed by atoms with van der Waals surface area (Å²) < 4.78 is 5.58. The Morgan fingerprint density at radius 2 is 1.71 bits per heavy atom. The Balaban J connectivity index is 1.45. The van der Waals surface area contributed by atoms with E-state index >= 15 is 0 Å². The van der Waals surface area contributed by atoms with Crippen LogP contribution in [0.2, 0.25) is 5.02 Å². The molecule has 3 aromatic rings. The molecule has 0 fully saturated rings. The maximum absolute atomic E-state index is 12.5. The molecule has 0 saturated carbocycles. The number of benzene rings is 3. The average Bonchev–Trinajstić information content (AvgIpc) is 2.82. The molecule has 182 valence electrons. The number of carbonyl (C=O) groups is 3. The molecule has 0 saturated heterocycles. The molecule has 9 heteroatoms. The summed E-state index contributed by atoms with van der Waals surface area (Å²) in [5, 5.41) is 14.8. The monoisotopic (exact) mass is 495 g/mol. The first-order valence-electron chi connectivity index (χ1n) is 10.8. The lowest BCUT2D eigenvalue weighted by molar-refractivity contribution is -0.129. The van der Waals surface area contributed by atoms with Crippen molar-refractivity contribution in [2.45, 2.75) is 13.3 Å². The molecule has 0 heterocycles. The van der Waals surface area contributed by atoms with Gasteiger partial charge in [0.25, 0.3) is 0 Å². The first-order chi connectivity index (χ1) is 16.7. The van der Waals surface area contributed by atoms with Crippen molar-refractivity contribution in [2.75, 3.05) is 30.8 Å². The zero-order valence-electron chi connectivity index (χ0n) is 19.4. The zero-order chi connectivity index (χ0) is 25.4. The summed E-state index contributed by atoms with van der Waals surface area (Å²) in [7, 11) is 1.67. The van der Waals surface area contributed by atoms with Crippen LogP contribution in [0.15, 0.2) is 66.7 Å². The van der Waals surface area contributed by atoms with Gasteiger partial charge in [-0.15, -0.1) is 0 Å². The van der Waals surface area contributed by atoms with Gasteiger partial charge in [-0.25, -0.2) is 9.59 Å². The Hall–Kier alpha value is -4.04. The van der Waals surface area contributed by atoms with Crippen LogP contribution in [0, 0.1) is 6.92 Å². The maximum atomic E-state index is 12.5. The number of nitrogens with zero attached hydrogens (tertiary/aromatic N) is 1. The van der Waals surface area contributed by atoms with Crippen LogP contribution in [0.3, 0.4) is 0 Å². The number of rotatable bonds is 9. The van der Waals surface area contributed by atoms with Gasteiger partial charge in [-0.3, -0.25) is 4.79 Å². The highest BCUT2D eigenvalue weighted by atomic mass is 35.5. The van der Waals surface area contributed by atoms with Crippen molar-refractivity contribution in [3.8, 4) is 5.75 Å². The molecule has 3 amide bonds. The van der Waals surface area contributed by atoms with E-state index in [-0.39, 0.29) is 35.6 Å². The summed E-state index contributed by atoms with van der Waals surface area (Å²) in [5.74, 6) is -0.816. The standard InChI is InChI=1S/C26H26ClN3O5/c1-17-5-3-4-6-22(17)29-26(34)28-20-10-7-18(8-11-20)15-24(31)30(2)13-14-35-23-12-9-19(25(32)33)16-21(23)27/h3-12,16H,13-15H2,1-2H3,(H,32,33)(H2,28,29,34).